The SMILES string of the molecule is Cc1nc(C(=O)C(=N)CC(=O)O)c(O)c2ccc(Oc3ccc(Br)cc3)nc12. The number of ether oxygens (including phenoxy) is 1. The molecular formula is C19H14BrN3O5. The van der Waals surface area contributed by atoms with Gasteiger partial charge in [-0.1, -0.05) is 15.9 Å². The van der Waals surface area contributed by atoms with E-state index in [9.17, 15) is 14.7 Å². The van der Waals surface area contributed by atoms with Gasteiger partial charge >= 0.3 is 5.97 Å². The Labute approximate surface area is 167 Å². The summed E-state index contributed by atoms with van der Waals surface area (Å²) in [6.45, 7) is 1.59. The van der Waals surface area contributed by atoms with Crippen molar-refractivity contribution in [2.75, 3.05) is 0 Å². The van der Waals surface area contributed by atoms with Crippen molar-refractivity contribution in [3.63, 3.8) is 0 Å². The number of Topliss-reactive ketones (excluding diaryl/α,β-unsaturated/α-hetero) is 1. The average Bonchev–Trinajstić information content (AvgIpc) is 2.65. The second-order valence-electron chi connectivity index (χ2n) is 5.87. The number of carboxylic acids is 1. The minimum absolute atomic E-state index is 0.252. The van der Waals surface area contributed by atoms with Crippen LogP contribution in [0.2, 0.25) is 0 Å². The van der Waals surface area contributed by atoms with Crippen LogP contribution >= 0.6 is 15.9 Å². The first-order valence-electron chi connectivity index (χ1n) is 8.04. The van der Waals surface area contributed by atoms with E-state index in [0.717, 1.165) is 4.47 Å². The largest absolute Gasteiger partial charge is 0.505 e. The monoisotopic (exact) mass is 443 g/mol. The van der Waals surface area contributed by atoms with Gasteiger partial charge in [-0.25, -0.2) is 9.97 Å². The number of pyridine rings is 2. The summed E-state index contributed by atoms with van der Waals surface area (Å²) in [5, 5.41) is 27.0. The lowest BCUT2D eigenvalue weighted by Crippen LogP contribution is -2.19. The molecule has 0 atom stereocenters. The number of fused-ring (bicyclic) bond motifs is 1. The van der Waals surface area contributed by atoms with Crippen molar-refractivity contribution in [2.24, 2.45) is 0 Å². The van der Waals surface area contributed by atoms with Gasteiger partial charge in [0, 0.05) is 15.9 Å². The normalized spacial score (nSPS) is 10.6. The number of carbonyl (C=O) groups excluding carboxylic acids is 1. The van der Waals surface area contributed by atoms with Gasteiger partial charge in [-0.15, -0.1) is 0 Å². The molecule has 2 aromatic heterocycles. The Bertz CT molecular complexity index is 1110. The Morgan fingerprint density at radius 3 is 2.46 bits per heavy atom. The number of aliphatic carboxylic acids is 1. The van der Waals surface area contributed by atoms with Crippen LogP contribution in [0.4, 0.5) is 0 Å². The first-order valence-corrected chi connectivity index (χ1v) is 8.83. The molecule has 8 nitrogen and oxygen atoms in total. The lowest BCUT2D eigenvalue weighted by molar-refractivity contribution is -0.135. The molecule has 0 aliphatic heterocycles. The quantitative estimate of drug-likeness (QED) is 0.388. The molecule has 1 aromatic carbocycles. The highest BCUT2D eigenvalue weighted by molar-refractivity contribution is 9.10. The fourth-order valence-electron chi connectivity index (χ4n) is 2.52. The van der Waals surface area contributed by atoms with Crippen molar-refractivity contribution in [2.45, 2.75) is 13.3 Å². The molecule has 0 bridgehead atoms. The molecule has 3 aromatic rings. The predicted octanol–water partition coefficient (Wildman–Crippen LogP) is 3.88. The zero-order valence-electron chi connectivity index (χ0n) is 14.6. The van der Waals surface area contributed by atoms with Crippen LogP contribution in [0.3, 0.4) is 0 Å². The van der Waals surface area contributed by atoms with Crippen LogP contribution in [0.25, 0.3) is 10.9 Å². The standard InChI is InChI=1S/C19H14BrN3O5/c1-9-16-12(18(26)17(22-9)19(27)13(21)8-15(24)25)6-7-14(23-16)28-11-4-2-10(20)3-5-11/h2-7,21,26H,8H2,1H3,(H,24,25). The lowest BCUT2D eigenvalue weighted by atomic mass is 10.1. The van der Waals surface area contributed by atoms with Crippen LogP contribution in [-0.2, 0) is 4.79 Å². The Hall–Kier alpha value is -3.33. The molecule has 3 N–H and O–H groups in total. The Morgan fingerprint density at radius 2 is 1.82 bits per heavy atom. The van der Waals surface area contributed by atoms with Gasteiger partial charge in [-0.05, 0) is 37.3 Å². The topological polar surface area (TPSA) is 133 Å². The number of hydrogen-bond acceptors (Lipinski definition) is 7. The van der Waals surface area contributed by atoms with Crippen LogP contribution in [0, 0.1) is 12.3 Å². The second-order valence-corrected chi connectivity index (χ2v) is 6.79. The molecule has 0 aliphatic carbocycles. The fourth-order valence-corrected chi connectivity index (χ4v) is 2.79. The number of halogens is 1. The zero-order chi connectivity index (χ0) is 20.4. The summed E-state index contributed by atoms with van der Waals surface area (Å²) in [5.41, 5.74) is -0.384. The Balaban J connectivity index is 1.98. The molecule has 0 saturated carbocycles. The number of aryl methyl sites for hydroxylation is 1. The molecular weight excluding hydrogens is 430 g/mol. The number of rotatable bonds is 6. The van der Waals surface area contributed by atoms with E-state index in [1.807, 2.05) is 12.1 Å². The van der Waals surface area contributed by atoms with E-state index >= 15 is 0 Å². The molecule has 9 heteroatoms. The average molecular weight is 444 g/mol. The Morgan fingerprint density at radius 1 is 1.14 bits per heavy atom. The molecule has 0 aliphatic rings. The van der Waals surface area contributed by atoms with Gasteiger partial charge in [0.1, 0.15) is 5.75 Å². The molecule has 0 fully saturated rings. The minimum atomic E-state index is -1.31. The number of ketones is 1. The first kappa shape index (κ1) is 19.4. The first-order chi connectivity index (χ1) is 13.3. The summed E-state index contributed by atoms with van der Waals surface area (Å²) in [7, 11) is 0. The summed E-state index contributed by atoms with van der Waals surface area (Å²) in [6, 6.07) is 10.2. The molecule has 0 radical (unpaired) electrons. The molecule has 142 valence electrons. The van der Waals surface area contributed by atoms with Gasteiger partial charge in [0.2, 0.25) is 11.7 Å². The molecule has 0 amide bonds. The number of nitrogens with one attached hydrogen (secondary N) is 1. The molecule has 0 saturated heterocycles. The summed E-state index contributed by atoms with van der Waals surface area (Å²) >= 11 is 3.34. The van der Waals surface area contributed by atoms with Gasteiger partial charge in [-0.3, -0.25) is 9.59 Å². The number of carbonyl (C=O) groups is 2. The number of aromatic nitrogens is 2. The van der Waals surface area contributed by atoms with Crippen LogP contribution in [-0.4, -0.2) is 37.6 Å². The van der Waals surface area contributed by atoms with Gasteiger partial charge in [0.05, 0.1) is 23.3 Å². The maximum atomic E-state index is 12.3. The maximum Gasteiger partial charge on any atom is 0.309 e. The van der Waals surface area contributed by atoms with E-state index in [4.69, 9.17) is 15.3 Å². The van der Waals surface area contributed by atoms with E-state index in [0.29, 0.717) is 17.0 Å². The van der Waals surface area contributed by atoms with Crippen molar-refractivity contribution in [1.29, 1.82) is 5.41 Å². The fraction of sp³-hybridized carbons (Fsp3) is 0.105. The highest BCUT2D eigenvalue weighted by Crippen LogP contribution is 2.31. The number of nitrogens with zero attached hydrogens (tertiary/aromatic N) is 2. The van der Waals surface area contributed by atoms with Crippen LogP contribution in [0.1, 0.15) is 22.6 Å². The van der Waals surface area contributed by atoms with Crippen LogP contribution in [0.5, 0.6) is 17.4 Å². The molecule has 3 rings (SSSR count). The Kier molecular flexibility index (Phi) is 5.36. The summed E-state index contributed by atoms with van der Waals surface area (Å²) < 4.78 is 6.59. The third-order valence-electron chi connectivity index (χ3n) is 3.82. The second kappa shape index (κ2) is 7.73. The van der Waals surface area contributed by atoms with Crippen LogP contribution in [0.15, 0.2) is 40.9 Å². The molecule has 2 heterocycles. The van der Waals surface area contributed by atoms with E-state index in [1.165, 1.54) is 12.1 Å². The molecule has 28 heavy (non-hydrogen) atoms. The van der Waals surface area contributed by atoms with Crippen LogP contribution < -0.4 is 4.74 Å². The third-order valence-corrected chi connectivity index (χ3v) is 4.35. The van der Waals surface area contributed by atoms with E-state index in [2.05, 4.69) is 25.9 Å². The smallest absolute Gasteiger partial charge is 0.309 e. The van der Waals surface area contributed by atoms with Crippen molar-refractivity contribution >= 4 is 44.3 Å². The van der Waals surface area contributed by atoms with Crippen molar-refractivity contribution < 1.29 is 24.5 Å². The highest BCUT2D eigenvalue weighted by Gasteiger charge is 2.23. The minimum Gasteiger partial charge on any atom is -0.505 e. The third kappa shape index (κ3) is 3.99. The van der Waals surface area contributed by atoms with Gasteiger partial charge < -0.3 is 20.4 Å². The lowest BCUT2D eigenvalue weighted by Gasteiger charge is -2.11. The summed E-state index contributed by atoms with van der Waals surface area (Å²) in [4.78, 5) is 31.3. The van der Waals surface area contributed by atoms with Crippen molar-refractivity contribution in [3.05, 3.63) is 52.3 Å². The summed E-state index contributed by atoms with van der Waals surface area (Å²) in [5.74, 6) is -1.87. The maximum absolute atomic E-state index is 12.3. The van der Waals surface area contributed by atoms with E-state index in [-0.39, 0.29) is 17.0 Å². The van der Waals surface area contributed by atoms with Gasteiger partial charge in [0.15, 0.2) is 11.4 Å². The highest BCUT2D eigenvalue weighted by atomic mass is 79.9. The number of carboxylic acid groups (broad SMARTS) is 1. The number of benzene rings is 1. The number of aromatic hydroxyl groups is 1. The van der Waals surface area contributed by atoms with Gasteiger partial charge in [-0.2, -0.15) is 0 Å². The summed E-state index contributed by atoms with van der Waals surface area (Å²) in [6.07, 6.45) is -0.755. The predicted molar refractivity (Wildman–Crippen MR) is 104 cm³/mol. The van der Waals surface area contributed by atoms with E-state index in [1.54, 1.807) is 19.1 Å². The molecule has 0 spiro atoms. The zero-order valence-corrected chi connectivity index (χ0v) is 16.1. The van der Waals surface area contributed by atoms with Crippen molar-refractivity contribution in [3.8, 4) is 17.4 Å². The van der Waals surface area contributed by atoms with Crippen molar-refractivity contribution in [1.82, 2.24) is 9.97 Å². The van der Waals surface area contributed by atoms with Gasteiger partial charge in [0.25, 0.3) is 0 Å². The molecule has 0 unspecified atom stereocenters. The van der Waals surface area contributed by atoms with E-state index < -0.39 is 29.6 Å². The number of hydrogen-bond donors (Lipinski definition) is 3.